The van der Waals surface area contributed by atoms with Crippen LogP contribution in [0.5, 0.6) is 0 Å². The lowest BCUT2D eigenvalue weighted by atomic mass is 9.97. The number of aryl methyl sites for hydroxylation is 1. The van der Waals surface area contributed by atoms with Gasteiger partial charge in [-0.05, 0) is 63.7 Å². The molecule has 1 saturated heterocycles. The van der Waals surface area contributed by atoms with E-state index in [1.165, 1.54) is 36.9 Å². The number of carbonyl (C=O) groups excluding carboxylic acids is 1. The van der Waals surface area contributed by atoms with Crippen LogP contribution in [0.25, 0.3) is 0 Å². The molecule has 0 radical (unpaired) electrons. The molecule has 3 rings (SSSR count). The van der Waals surface area contributed by atoms with Gasteiger partial charge in [-0.3, -0.25) is 4.79 Å². The lowest BCUT2D eigenvalue weighted by Crippen LogP contribution is -2.39. The molecular weight excluding hydrogens is 272 g/mol. The molecule has 120 valence electrons. The lowest BCUT2D eigenvalue weighted by molar-refractivity contribution is -0.122. The second-order valence-electron chi connectivity index (χ2n) is 7.11. The topological polar surface area (TPSA) is 32.3 Å². The minimum Gasteiger partial charge on any atom is -0.347 e. The van der Waals surface area contributed by atoms with Gasteiger partial charge in [0, 0.05) is 12.5 Å². The van der Waals surface area contributed by atoms with Crippen molar-refractivity contribution in [2.75, 3.05) is 13.6 Å². The van der Waals surface area contributed by atoms with Crippen molar-refractivity contribution < 1.29 is 4.79 Å². The van der Waals surface area contributed by atoms with Crippen LogP contribution < -0.4 is 5.32 Å². The maximum absolute atomic E-state index is 12.4. The van der Waals surface area contributed by atoms with E-state index in [1.54, 1.807) is 0 Å². The van der Waals surface area contributed by atoms with Gasteiger partial charge >= 0.3 is 0 Å². The number of nitrogens with zero attached hydrogens (tertiary/aromatic N) is 1. The van der Waals surface area contributed by atoms with Crippen molar-refractivity contribution in [3.63, 3.8) is 0 Å². The lowest BCUT2D eigenvalue weighted by Gasteiger charge is -2.32. The highest BCUT2D eigenvalue weighted by atomic mass is 16.1. The number of piperidine rings is 1. The zero-order chi connectivity index (χ0) is 15.6. The van der Waals surface area contributed by atoms with Crippen LogP contribution in [0.1, 0.15) is 56.1 Å². The predicted octanol–water partition coefficient (Wildman–Crippen LogP) is 3.36. The Balaban J connectivity index is 1.55. The molecule has 1 heterocycles. The van der Waals surface area contributed by atoms with Crippen molar-refractivity contribution in [2.45, 2.75) is 63.5 Å². The van der Waals surface area contributed by atoms with Gasteiger partial charge in [-0.2, -0.15) is 0 Å². The van der Waals surface area contributed by atoms with Crippen molar-refractivity contribution in [3.05, 3.63) is 35.4 Å². The van der Waals surface area contributed by atoms with E-state index < -0.39 is 0 Å². The van der Waals surface area contributed by atoms with Crippen LogP contribution in [0, 0.1) is 6.92 Å². The van der Waals surface area contributed by atoms with E-state index >= 15 is 0 Å². The van der Waals surface area contributed by atoms with Crippen molar-refractivity contribution in [2.24, 2.45) is 0 Å². The van der Waals surface area contributed by atoms with Gasteiger partial charge in [0.2, 0.25) is 5.91 Å². The van der Waals surface area contributed by atoms with Crippen LogP contribution in [0.3, 0.4) is 0 Å². The molecule has 2 fully saturated rings. The third kappa shape index (κ3) is 3.35. The highest BCUT2D eigenvalue weighted by Crippen LogP contribution is 2.46. The molecule has 0 unspecified atom stereocenters. The molecule has 0 spiro atoms. The number of hydrogen-bond donors (Lipinski definition) is 1. The third-order valence-electron chi connectivity index (χ3n) is 5.42. The maximum Gasteiger partial charge on any atom is 0.220 e. The molecule has 1 amide bonds. The highest BCUT2D eigenvalue weighted by Gasteiger charge is 2.46. The molecule has 1 aromatic carbocycles. The van der Waals surface area contributed by atoms with Gasteiger partial charge in [-0.25, -0.2) is 0 Å². The van der Waals surface area contributed by atoms with Crippen molar-refractivity contribution in [3.8, 4) is 0 Å². The van der Waals surface area contributed by atoms with Crippen molar-refractivity contribution in [1.29, 1.82) is 0 Å². The number of carbonyl (C=O) groups is 1. The Hall–Kier alpha value is -1.35. The molecular formula is C19H28N2O. The Morgan fingerprint density at radius 3 is 2.77 bits per heavy atom. The summed E-state index contributed by atoms with van der Waals surface area (Å²) in [4.78, 5) is 14.8. The molecule has 1 N–H and O–H groups in total. The highest BCUT2D eigenvalue weighted by molar-refractivity contribution is 5.77. The average Bonchev–Trinajstić information content (AvgIpc) is 3.27. The normalized spacial score (nSPS) is 24.0. The fraction of sp³-hybridized carbons (Fsp3) is 0.632. The van der Waals surface area contributed by atoms with Crippen molar-refractivity contribution >= 4 is 5.91 Å². The summed E-state index contributed by atoms with van der Waals surface area (Å²) in [5.41, 5.74) is 2.52. The van der Waals surface area contributed by atoms with Gasteiger partial charge in [-0.1, -0.05) is 30.7 Å². The minimum atomic E-state index is -0.0686. The molecule has 1 aliphatic carbocycles. The summed E-state index contributed by atoms with van der Waals surface area (Å²) in [6.45, 7) is 3.32. The number of likely N-dealkylation sites (tertiary alicyclic amines) is 1. The molecule has 2 aliphatic rings. The van der Waals surface area contributed by atoms with Gasteiger partial charge in [-0.15, -0.1) is 0 Å². The van der Waals surface area contributed by atoms with Crippen LogP contribution in [0.15, 0.2) is 24.3 Å². The molecule has 3 heteroatoms. The van der Waals surface area contributed by atoms with E-state index in [0.29, 0.717) is 12.5 Å². The largest absolute Gasteiger partial charge is 0.347 e. The number of nitrogens with one attached hydrogen (secondary N) is 1. The van der Waals surface area contributed by atoms with Gasteiger partial charge in [0.15, 0.2) is 0 Å². The van der Waals surface area contributed by atoms with E-state index in [9.17, 15) is 4.79 Å². The first-order valence-corrected chi connectivity index (χ1v) is 8.68. The summed E-state index contributed by atoms with van der Waals surface area (Å²) in [6, 6.07) is 9.03. The number of hydrogen-bond acceptors (Lipinski definition) is 2. The summed E-state index contributed by atoms with van der Waals surface area (Å²) in [7, 11) is 2.19. The van der Waals surface area contributed by atoms with Crippen molar-refractivity contribution in [1.82, 2.24) is 10.2 Å². The summed E-state index contributed by atoms with van der Waals surface area (Å²) in [5, 5.41) is 3.32. The fourth-order valence-corrected chi connectivity index (χ4v) is 3.83. The summed E-state index contributed by atoms with van der Waals surface area (Å²) in [6.07, 6.45) is 7.65. The standard InChI is InChI=1S/C19H28N2O/c1-15-7-3-4-9-17(15)19(12-13-19)20-18(22)11-10-16-8-5-6-14-21(16)2/h3-4,7,9,16H,5-6,8,10-14H2,1-2H3,(H,20,22)/t16-/m0/s1. The monoisotopic (exact) mass is 300 g/mol. The van der Waals surface area contributed by atoms with Gasteiger partial charge in [0.1, 0.15) is 0 Å². The van der Waals surface area contributed by atoms with Crippen LogP contribution in [0.2, 0.25) is 0 Å². The van der Waals surface area contributed by atoms with Crippen LogP contribution in [0.4, 0.5) is 0 Å². The van der Waals surface area contributed by atoms with Gasteiger partial charge < -0.3 is 10.2 Å². The molecule has 1 atom stereocenters. The number of benzene rings is 1. The fourth-order valence-electron chi connectivity index (χ4n) is 3.83. The molecule has 0 bridgehead atoms. The quantitative estimate of drug-likeness (QED) is 0.904. The minimum absolute atomic E-state index is 0.0686. The number of rotatable bonds is 5. The van der Waals surface area contributed by atoms with Crippen LogP contribution in [-0.2, 0) is 10.3 Å². The van der Waals surface area contributed by atoms with Gasteiger partial charge in [0.25, 0.3) is 0 Å². The molecule has 22 heavy (non-hydrogen) atoms. The summed E-state index contributed by atoms with van der Waals surface area (Å²) < 4.78 is 0. The predicted molar refractivity (Wildman–Crippen MR) is 89.7 cm³/mol. The third-order valence-corrected chi connectivity index (χ3v) is 5.42. The first-order valence-electron chi connectivity index (χ1n) is 8.68. The van der Waals surface area contributed by atoms with E-state index in [1.807, 2.05) is 0 Å². The Labute approximate surface area is 134 Å². The molecule has 0 aromatic heterocycles. The second kappa shape index (κ2) is 6.41. The molecule has 1 aliphatic heterocycles. The van der Waals surface area contributed by atoms with E-state index in [4.69, 9.17) is 0 Å². The Morgan fingerprint density at radius 1 is 1.32 bits per heavy atom. The zero-order valence-electron chi connectivity index (χ0n) is 13.9. The smallest absolute Gasteiger partial charge is 0.220 e. The van der Waals surface area contributed by atoms with E-state index in [0.717, 1.165) is 19.3 Å². The first-order chi connectivity index (χ1) is 10.6. The second-order valence-corrected chi connectivity index (χ2v) is 7.11. The van der Waals surface area contributed by atoms with Crippen LogP contribution in [-0.4, -0.2) is 30.4 Å². The molecule has 1 saturated carbocycles. The van der Waals surface area contributed by atoms with Gasteiger partial charge in [0.05, 0.1) is 5.54 Å². The zero-order valence-corrected chi connectivity index (χ0v) is 13.9. The maximum atomic E-state index is 12.4. The molecule has 3 nitrogen and oxygen atoms in total. The first kappa shape index (κ1) is 15.5. The molecule has 1 aromatic rings. The number of amides is 1. The average molecular weight is 300 g/mol. The summed E-state index contributed by atoms with van der Waals surface area (Å²) >= 11 is 0. The van der Waals surface area contributed by atoms with E-state index in [-0.39, 0.29) is 11.4 Å². The Morgan fingerprint density at radius 2 is 2.09 bits per heavy atom. The van der Waals surface area contributed by atoms with E-state index in [2.05, 4.69) is 48.5 Å². The SMILES string of the molecule is Cc1ccccc1C1(NC(=O)CC[C@@H]2CCCCN2C)CC1. The Bertz CT molecular complexity index is 536. The summed E-state index contributed by atoms with van der Waals surface area (Å²) in [5.74, 6) is 0.222. The van der Waals surface area contributed by atoms with Crippen LogP contribution >= 0.6 is 0 Å². The Kier molecular flexibility index (Phi) is 4.53.